The lowest BCUT2D eigenvalue weighted by Gasteiger charge is -2.37. The van der Waals surface area contributed by atoms with E-state index >= 15 is 0 Å². The van der Waals surface area contributed by atoms with Crippen molar-refractivity contribution in [2.24, 2.45) is 5.41 Å². The molecule has 0 amide bonds. The largest absolute Gasteiger partial charge is 0.486 e. The molecule has 0 unspecified atom stereocenters. The Hall–Kier alpha value is -3.33. The van der Waals surface area contributed by atoms with Gasteiger partial charge in [0.1, 0.15) is 17.3 Å². The standard InChI is InChI=1S/C32H40BF2N4O6S/c1-30(2,41)31(3,4)45-33-23-8-6-22(7-9-23)20-46(42,43)38-14-12-37(13-15-38)27-19-36-39(26-17-24(34)16-25(35)18-26)29(40)28(27)44-21-32(5)10-11-32/h6-9,16-19,41H,10-15,20-21H2,1-5H3. The number of nitrogens with zero attached hydrogens (tertiary/aromatic N) is 4. The number of aliphatic hydroxyl groups is 1. The molecule has 46 heavy (non-hydrogen) atoms. The smallest absolute Gasteiger partial charge is 0.330 e. The fraction of sp³-hybridized carbons (Fsp3) is 0.500. The first kappa shape index (κ1) is 34.0. The molecule has 14 heteroatoms. The first-order valence-electron chi connectivity index (χ1n) is 15.2. The van der Waals surface area contributed by atoms with Crippen molar-refractivity contribution in [3.05, 3.63) is 76.2 Å². The van der Waals surface area contributed by atoms with Crippen molar-refractivity contribution in [2.75, 3.05) is 37.7 Å². The highest BCUT2D eigenvalue weighted by atomic mass is 32.2. The minimum atomic E-state index is -3.65. The molecule has 3 aromatic rings. The van der Waals surface area contributed by atoms with E-state index in [9.17, 15) is 27.1 Å². The summed E-state index contributed by atoms with van der Waals surface area (Å²) in [6.07, 6.45) is 3.34. The van der Waals surface area contributed by atoms with Gasteiger partial charge in [-0.2, -0.15) is 14.1 Å². The molecule has 0 spiro atoms. The molecule has 1 aromatic heterocycles. The van der Waals surface area contributed by atoms with Gasteiger partial charge in [0.2, 0.25) is 15.8 Å². The van der Waals surface area contributed by atoms with Crippen LogP contribution in [0.1, 0.15) is 53.0 Å². The van der Waals surface area contributed by atoms with Gasteiger partial charge >= 0.3 is 13.0 Å². The van der Waals surface area contributed by atoms with Crippen LogP contribution in [0.25, 0.3) is 5.69 Å². The lowest BCUT2D eigenvalue weighted by Crippen LogP contribution is -2.49. The molecule has 1 saturated heterocycles. The van der Waals surface area contributed by atoms with Crippen molar-refractivity contribution in [1.82, 2.24) is 14.1 Å². The van der Waals surface area contributed by atoms with Crippen molar-refractivity contribution in [3.8, 4) is 11.4 Å². The zero-order valence-electron chi connectivity index (χ0n) is 26.8. The lowest BCUT2D eigenvalue weighted by molar-refractivity contribution is -0.0893. The number of piperazine rings is 1. The summed E-state index contributed by atoms with van der Waals surface area (Å²) in [5.41, 5.74) is -0.907. The van der Waals surface area contributed by atoms with E-state index in [1.54, 1.807) is 59.4 Å². The van der Waals surface area contributed by atoms with Crippen LogP contribution in [0.2, 0.25) is 0 Å². The fourth-order valence-electron chi connectivity index (χ4n) is 4.80. The van der Waals surface area contributed by atoms with Crippen molar-refractivity contribution < 1.29 is 31.7 Å². The van der Waals surface area contributed by atoms with Gasteiger partial charge in [0, 0.05) is 37.7 Å². The van der Waals surface area contributed by atoms with Crippen LogP contribution in [0, 0.1) is 17.0 Å². The fourth-order valence-corrected chi connectivity index (χ4v) is 6.32. The highest BCUT2D eigenvalue weighted by molar-refractivity contribution is 7.88. The average Bonchev–Trinajstić information content (AvgIpc) is 3.72. The molecule has 1 radical (unpaired) electrons. The summed E-state index contributed by atoms with van der Waals surface area (Å²) in [6.45, 7) is 10.2. The number of benzene rings is 2. The summed E-state index contributed by atoms with van der Waals surface area (Å²) in [6, 6.07) is 9.74. The predicted molar refractivity (Wildman–Crippen MR) is 172 cm³/mol. The minimum Gasteiger partial charge on any atom is -0.486 e. The number of aromatic nitrogens is 2. The Morgan fingerprint density at radius 2 is 1.61 bits per heavy atom. The van der Waals surface area contributed by atoms with Crippen LogP contribution < -0.4 is 20.7 Å². The van der Waals surface area contributed by atoms with Gasteiger partial charge in [-0.05, 0) is 58.2 Å². The molecule has 2 aromatic carbocycles. The van der Waals surface area contributed by atoms with E-state index in [1.165, 1.54) is 10.5 Å². The normalized spacial score (nSPS) is 17.2. The summed E-state index contributed by atoms with van der Waals surface area (Å²) in [5, 5.41) is 14.5. The van der Waals surface area contributed by atoms with Crippen LogP contribution in [-0.2, 0) is 20.4 Å². The third kappa shape index (κ3) is 7.79. The second kappa shape index (κ2) is 12.7. The van der Waals surface area contributed by atoms with E-state index in [0.29, 0.717) is 23.9 Å². The molecule has 5 rings (SSSR count). The van der Waals surface area contributed by atoms with Crippen LogP contribution in [0.5, 0.6) is 5.75 Å². The van der Waals surface area contributed by atoms with Crippen LogP contribution in [-0.4, -0.2) is 79.1 Å². The molecule has 0 bridgehead atoms. The average molecular weight is 658 g/mol. The summed E-state index contributed by atoms with van der Waals surface area (Å²) in [5.74, 6) is -1.85. The Labute approximate surface area is 269 Å². The Morgan fingerprint density at radius 1 is 1.00 bits per heavy atom. The summed E-state index contributed by atoms with van der Waals surface area (Å²) >= 11 is 0. The van der Waals surface area contributed by atoms with E-state index in [1.807, 2.05) is 4.90 Å². The van der Waals surface area contributed by atoms with Gasteiger partial charge < -0.3 is 19.4 Å². The topological polar surface area (TPSA) is 114 Å². The Balaban J connectivity index is 1.26. The molecule has 0 atom stereocenters. The Morgan fingerprint density at radius 3 is 2.17 bits per heavy atom. The molecule has 1 aliphatic carbocycles. The second-order valence-electron chi connectivity index (χ2n) is 13.5. The van der Waals surface area contributed by atoms with Gasteiger partial charge in [0.05, 0.1) is 35.4 Å². The van der Waals surface area contributed by atoms with Crippen molar-refractivity contribution in [3.63, 3.8) is 0 Å². The van der Waals surface area contributed by atoms with Gasteiger partial charge in [-0.25, -0.2) is 17.2 Å². The molecular formula is C32H40BF2N4O6S. The van der Waals surface area contributed by atoms with Crippen LogP contribution in [0.3, 0.4) is 0 Å². The lowest BCUT2D eigenvalue weighted by atomic mass is 9.82. The van der Waals surface area contributed by atoms with E-state index in [2.05, 4.69) is 12.0 Å². The number of hydrogen-bond donors (Lipinski definition) is 1. The Kier molecular flexibility index (Phi) is 9.39. The number of anilines is 1. The maximum absolute atomic E-state index is 13.9. The van der Waals surface area contributed by atoms with Crippen LogP contribution in [0.15, 0.2) is 53.5 Å². The quantitative estimate of drug-likeness (QED) is 0.296. The van der Waals surface area contributed by atoms with Gasteiger partial charge in [-0.3, -0.25) is 4.79 Å². The van der Waals surface area contributed by atoms with Gasteiger partial charge in [-0.1, -0.05) is 36.7 Å². The molecule has 10 nitrogen and oxygen atoms in total. The molecule has 1 aliphatic heterocycles. The SMILES string of the molecule is CC1(COc2c(N3CCN(S(=O)(=O)Cc4ccc([B]OC(C)(C)C(C)(C)O)cc4)CC3)cnn(-c3cc(F)cc(F)c3)c2=O)CC1. The third-order valence-electron chi connectivity index (χ3n) is 8.94. The molecule has 2 aliphatic rings. The third-order valence-corrected chi connectivity index (χ3v) is 10.8. The van der Waals surface area contributed by atoms with E-state index in [0.717, 1.165) is 35.1 Å². The number of hydrogen-bond acceptors (Lipinski definition) is 8. The molecular weight excluding hydrogens is 617 g/mol. The van der Waals surface area contributed by atoms with Crippen LogP contribution >= 0.6 is 0 Å². The van der Waals surface area contributed by atoms with E-state index < -0.39 is 38.4 Å². The van der Waals surface area contributed by atoms with Crippen molar-refractivity contribution in [2.45, 2.75) is 64.4 Å². The number of rotatable bonds is 12. The van der Waals surface area contributed by atoms with E-state index in [4.69, 9.17) is 9.39 Å². The van der Waals surface area contributed by atoms with Gasteiger partial charge in [0.15, 0.2) is 0 Å². The summed E-state index contributed by atoms with van der Waals surface area (Å²) in [7, 11) is -2.11. The van der Waals surface area contributed by atoms with Crippen molar-refractivity contribution >= 4 is 28.7 Å². The highest BCUT2D eigenvalue weighted by Gasteiger charge is 2.39. The van der Waals surface area contributed by atoms with Crippen LogP contribution in [0.4, 0.5) is 14.5 Å². The first-order valence-corrected chi connectivity index (χ1v) is 16.8. The van der Waals surface area contributed by atoms with E-state index in [-0.39, 0.29) is 48.8 Å². The zero-order valence-corrected chi connectivity index (χ0v) is 27.6. The summed E-state index contributed by atoms with van der Waals surface area (Å²) in [4.78, 5) is 15.4. The number of ether oxygens (including phenoxy) is 1. The Bertz CT molecular complexity index is 1710. The van der Waals surface area contributed by atoms with Gasteiger partial charge in [-0.15, -0.1) is 0 Å². The molecule has 1 N–H and O–H groups in total. The maximum Gasteiger partial charge on any atom is 0.330 e. The maximum atomic E-state index is 13.9. The highest BCUT2D eigenvalue weighted by Crippen LogP contribution is 2.45. The summed E-state index contributed by atoms with van der Waals surface area (Å²) < 4.78 is 68.7. The molecule has 1 saturated carbocycles. The first-order chi connectivity index (χ1) is 21.5. The minimum absolute atomic E-state index is 0.0101. The molecule has 2 heterocycles. The predicted octanol–water partition coefficient (Wildman–Crippen LogP) is 3.15. The number of halogens is 2. The van der Waals surface area contributed by atoms with Crippen molar-refractivity contribution in [1.29, 1.82) is 0 Å². The second-order valence-corrected chi connectivity index (χ2v) is 15.5. The molecule has 247 valence electrons. The monoisotopic (exact) mass is 657 g/mol. The molecule has 2 fully saturated rings. The van der Waals surface area contributed by atoms with Gasteiger partial charge in [0.25, 0.3) is 0 Å². The number of sulfonamides is 1. The zero-order chi connectivity index (χ0) is 33.5.